The summed E-state index contributed by atoms with van der Waals surface area (Å²) in [5, 5.41) is 1.12. The second-order valence-corrected chi connectivity index (χ2v) is 5.82. The fourth-order valence-corrected chi connectivity index (χ4v) is 2.62. The number of carbonyl (C=O) groups is 1. The van der Waals surface area contributed by atoms with E-state index in [2.05, 4.69) is 40.8 Å². The van der Waals surface area contributed by atoms with E-state index in [1.54, 1.807) is 13.2 Å². The van der Waals surface area contributed by atoms with E-state index < -0.39 is 0 Å². The summed E-state index contributed by atoms with van der Waals surface area (Å²) in [5.74, 6) is 0.828. The van der Waals surface area contributed by atoms with Crippen molar-refractivity contribution in [3.05, 3.63) is 42.6 Å². The average Bonchev–Trinajstić information content (AvgIpc) is 2.95. The van der Waals surface area contributed by atoms with E-state index >= 15 is 0 Å². The molecule has 0 aliphatic rings. The van der Waals surface area contributed by atoms with E-state index in [1.807, 2.05) is 18.2 Å². The third-order valence-corrected chi connectivity index (χ3v) is 3.93. The number of ether oxygens (including phenoxy) is 2. The van der Waals surface area contributed by atoms with Crippen molar-refractivity contribution in [2.45, 2.75) is 26.3 Å². The molecule has 0 amide bonds. The van der Waals surface area contributed by atoms with E-state index in [-0.39, 0.29) is 12.5 Å². The summed E-state index contributed by atoms with van der Waals surface area (Å²) in [5.41, 5.74) is 3.05. The normalized spacial score (nSPS) is 11.8. The summed E-state index contributed by atoms with van der Waals surface area (Å²) in [4.78, 5) is 15.6. The number of esters is 1. The van der Waals surface area contributed by atoms with Gasteiger partial charge in [0.15, 0.2) is 0 Å². The Kier molecular flexibility index (Phi) is 5.79. The number of methoxy groups -OCH3 is 2. The minimum atomic E-state index is -0.361. The summed E-state index contributed by atoms with van der Waals surface area (Å²) >= 11 is 0. The van der Waals surface area contributed by atoms with Crippen molar-refractivity contribution < 1.29 is 14.3 Å². The molecular weight excluding hydrogens is 304 g/mol. The first-order valence-electron chi connectivity index (χ1n) is 7.89. The number of allylic oxidation sites excluding steroid dienone is 1. The van der Waals surface area contributed by atoms with Crippen LogP contribution in [0, 0.1) is 0 Å². The number of aliphatic imine (C=N–C) groups is 1. The standard InChI is InChI=1S/C19H24N2O3/c1-6-15(20-11-19(22)24-5)12-21-17-8-7-16(23-4)9-14(17)10-18(21)13(2)3/h6-10,13H,1,11-12H2,2-5H3/b20-15+. The Balaban J connectivity index is 2.43. The Morgan fingerprint density at radius 2 is 2.08 bits per heavy atom. The molecule has 1 heterocycles. The van der Waals surface area contributed by atoms with E-state index in [9.17, 15) is 4.79 Å². The number of hydrogen-bond acceptors (Lipinski definition) is 4. The molecule has 0 saturated heterocycles. The van der Waals surface area contributed by atoms with E-state index in [1.165, 1.54) is 12.8 Å². The van der Waals surface area contributed by atoms with Gasteiger partial charge in [0.05, 0.1) is 26.5 Å². The molecule has 0 bridgehead atoms. The summed E-state index contributed by atoms with van der Waals surface area (Å²) in [7, 11) is 3.02. The maximum Gasteiger partial charge on any atom is 0.327 e. The van der Waals surface area contributed by atoms with Gasteiger partial charge in [0.1, 0.15) is 12.3 Å². The van der Waals surface area contributed by atoms with Crippen LogP contribution in [0.1, 0.15) is 25.5 Å². The molecule has 1 aromatic carbocycles. The highest BCUT2D eigenvalue weighted by Crippen LogP contribution is 2.28. The van der Waals surface area contributed by atoms with E-state index in [0.717, 1.165) is 22.4 Å². The van der Waals surface area contributed by atoms with Crippen molar-refractivity contribution >= 4 is 22.6 Å². The Labute approximate surface area is 142 Å². The fraction of sp³-hybridized carbons (Fsp3) is 0.368. The lowest BCUT2D eigenvalue weighted by Crippen LogP contribution is -2.14. The molecule has 2 rings (SSSR count). The first-order chi connectivity index (χ1) is 11.5. The summed E-state index contributed by atoms with van der Waals surface area (Å²) in [6.07, 6.45) is 1.68. The van der Waals surface area contributed by atoms with Crippen LogP contribution in [0.5, 0.6) is 5.75 Å². The minimum Gasteiger partial charge on any atom is -0.497 e. The molecule has 24 heavy (non-hydrogen) atoms. The second kappa shape index (κ2) is 7.81. The topological polar surface area (TPSA) is 52.8 Å². The van der Waals surface area contributed by atoms with Gasteiger partial charge in [0.2, 0.25) is 0 Å². The van der Waals surface area contributed by atoms with Gasteiger partial charge in [0.25, 0.3) is 0 Å². The first kappa shape index (κ1) is 17.8. The molecule has 0 saturated carbocycles. The minimum absolute atomic E-state index is 0.00187. The molecule has 0 N–H and O–H groups in total. The number of hydrogen-bond donors (Lipinski definition) is 0. The van der Waals surface area contributed by atoms with Crippen molar-refractivity contribution in [3.8, 4) is 5.75 Å². The van der Waals surface area contributed by atoms with Crippen LogP contribution < -0.4 is 4.74 Å². The van der Waals surface area contributed by atoms with Crippen LogP contribution in [0.15, 0.2) is 41.9 Å². The Morgan fingerprint density at radius 3 is 2.67 bits per heavy atom. The predicted molar refractivity (Wildman–Crippen MR) is 97.1 cm³/mol. The maximum absolute atomic E-state index is 11.3. The molecule has 128 valence electrons. The number of rotatable bonds is 7. The lowest BCUT2D eigenvalue weighted by atomic mass is 10.1. The highest BCUT2D eigenvalue weighted by Gasteiger charge is 2.13. The van der Waals surface area contributed by atoms with Crippen LogP contribution in [0.25, 0.3) is 10.9 Å². The van der Waals surface area contributed by atoms with E-state index in [4.69, 9.17) is 4.74 Å². The van der Waals surface area contributed by atoms with Crippen molar-refractivity contribution in [2.24, 2.45) is 4.99 Å². The number of aromatic nitrogens is 1. The van der Waals surface area contributed by atoms with Crippen molar-refractivity contribution in [2.75, 3.05) is 20.8 Å². The van der Waals surface area contributed by atoms with Crippen molar-refractivity contribution in [3.63, 3.8) is 0 Å². The number of benzene rings is 1. The largest absolute Gasteiger partial charge is 0.497 e. The van der Waals surface area contributed by atoms with Gasteiger partial charge in [-0.25, -0.2) is 0 Å². The third kappa shape index (κ3) is 3.85. The predicted octanol–water partition coefficient (Wildman–Crippen LogP) is 3.57. The van der Waals surface area contributed by atoms with Gasteiger partial charge in [-0.1, -0.05) is 20.4 Å². The summed E-state index contributed by atoms with van der Waals surface area (Å²) < 4.78 is 12.2. The van der Waals surface area contributed by atoms with Crippen LogP contribution in [0.2, 0.25) is 0 Å². The maximum atomic E-state index is 11.3. The monoisotopic (exact) mass is 328 g/mol. The SMILES string of the molecule is C=C/C(Cn1c(C(C)C)cc2cc(OC)ccc21)=N\CC(=O)OC. The molecule has 0 radical (unpaired) electrons. The van der Waals surface area contributed by atoms with Gasteiger partial charge in [-0.3, -0.25) is 9.79 Å². The molecule has 2 aromatic rings. The molecular formula is C19H24N2O3. The zero-order valence-corrected chi connectivity index (χ0v) is 14.7. The molecule has 0 aliphatic carbocycles. The fourth-order valence-electron chi connectivity index (χ4n) is 2.62. The quantitative estimate of drug-likeness (QED) is 0.577. The average molecular weight is 328 g/mol. The van der Waals surface area contributed by atoms with Crippen LogP contribution >= 0.6 is 0 Å². The van der Waals surface area contributed by atoms with Gasteiger partial charge >= 0.3 is 5.97 Å². The lowest BCUT2D eigenvalue weighted by Gasteiger charge is -2.13. The first-order valence-corrected chi connectivity index (χ1v) is 7.89. The molecule has 0 unspecified atom stereocenters. The smallest absolute Gasteiger partial charge is 0.327 e. The van der Waals surface area contributed by atoms with Gasteiger partial charge in [-0.15, -0.1) is 0 Å². The molecule has 0 aliphatic heterocycles. The van der Waals surface area contributed by atoms with E-state index in [0.29, 0.717) is 12.5 Å². The lowest BCUT2D eigenvalue weighted by molar-refractivity contribution is -0.138. The van der Waals surface area contributed by atoms with Gasteiger partial charge in [0, 0.05) is 16.6 Å². The number of fused-ring (bicyclic) bond motifs is 1. The third-order valence-electron chi connectivity index (χ3n) is 3.93. The van der Waals surface area contributed by atoms with Crippen LogP contribution in [0.4, 0.5) is 0 Å². The Hall–Kier alpha value is -2.56. The molecule has 0 fully saturated rings. The second-order valence-electron chi connectivity index (χ2n) is 5.82. The van der Waals surface area contributed by atoms with Gasteiger partial charge in [-0.2, -0.15) is 0 Å². The molecule has 5 heteroatoms. The van der Waals surface area contributed by atoms with Crippen LogP contribution in [-0.4, -0.2) is 37.0 Å². The molecule has 0 atom stereocenters. The zero-order chi connectivity index (χ0) is 17.7. The van der Waals surface area contributed by atoms with Crippen molar-refractivity contribution in [1.29, 1.82) is 0 Å². The summed E-state index contributed by atoms with van der Waals surface area (Å²) in [6.45, 7) is 8.68. The van der Waals surface area contributed by atoms with Gasteiger partial charge < -0.3 is 14.0 Å². The molecule has 1 aromatic heterocycles. The highest BCUT2D eigenvalue weighted by atomic mass is 16.5. The molecule has 0 spiro atoms. The van der Waals surface area contributed by atoms with Gasteiger partial charge in [-0.05, 0) is 36.3 Å². The number of nitrogens with zero attached hydrogens (tertiary/aromatic N) is 2. The Bertz CT molecular complexity index is 772. The molecule has 5 nitrogen and oxygen atoms in total. The van der Waals surface area contributed by atoms with Crippen molar-refractivity contribution in [1.82, 2.24) is 4.57 Å². The van der Waals surface area contributed by atoms with Crippen LogP contribution in [-0.2, 0) is 16.1 Å². The highest BCUT2D eigenvalue weighted by molar-refractivity contribution is 5.96. The Morgan fingerprint density at radius 1 is 1.33 bits per heavy atom. The zero-order valence-electron chi connectivity index (χ0n) is 14.7. The summed E-state index contributed by atoms with van der Waals surface area (Å²) in [6, 6.07) is 8.18. The van der Waals surface area contributed by atoms with Crippen LogP contribution in [0.3, 0.4) is 0 Å². The number of carbonyl (C=O) groups excluding carboxylic acids is 1.